The number of hydrogen-bond donors (Lipinski definition) is 1. The fourth-order valence-corrected chi connectivity index (χ4v) is 2.58. The van der Waals surface area contributed by atoms with Gasteiger partial charge in [0.2, 0.25) is 0 Å². The number of fused-ring (bicyclic) bond motifs is 1. The molecule has 0 radical (unpaired) electrons. The van der Waals surface area contributed by atoms with Gasteiger partial charge in [0, 0.05) is 37.6 Å². The average Bonchev–Trinajstić information content (AvgIpc) is 3.05. The molecule has 5 nitrogen and oxygen atoms in total. The number of pyridine rings is 1. The molecule has 3 aromatic heterocycles. The summed E-state index contributed by atoms with van der Waals surface area (Å²) in [4.78, 5) is 4.53. The molecule has 0 bridgehead atoms. The fraction of sp³-hybridized carbons (Fsp3) is 0.375. The molecule has 0 spiro atoms. The van der Waals surface area contributed by atoms with Crippen LogP contribution in [0.4, 0.5) is 0 Å². The molecule has 0 fully saturated rings. The van der Waals surface area contributed by atoms with Gasteiger partial charge in [-0.1, -0.05) is 6.92 Å². The predicted octanol–water partition coefficient (Wildman–Crippen LogP) is 2.32. The van der Waals surface area contributed by atoms with Gasteiger partial charge in [-0.15, -0.1) is 0 Å². The lowest BCUT2D eigenvalue weighted by Crippen LogP contribution is -2.13. The third-order valence-corrected chi connectivity index (χ3v) is 3.56. The van der Waals surface area contributed by atoms with Crippen molar-refractivity contribution in [1.29, 1.82) is 0 Å². The van der Waals surface area contributed by atoms with Crippen molar-refractivity contribution in [3.8, 4) is 0 Å². The molecular weight excluding hydrogens is 262 g/mol. The maximum Gasteiger partial charge on any atom is 0.140 e. The van der Waals surface area contributed by atoms with Crippen LogP contribution in [-0.4, -0.2) is 25.9 Å². The third kappa shape index (κ3) is 2.97. The molecule has 0 unspecified atom stereocenters. The summed E-state index contributed by atoms with van der Waals surface area (Å²) in [6.45, 7) is 4.85. The van der Waals surface area contributed by atoms with Gasteiger partial charge in [0.25, 0.3) is 0 Å². The monoisotopic (exact) mass is 283 g/mol. The van der Waals surface area contributed by atoms with Crippen molar-refractivity contribution in [3.05, 3.63) is 48.0 Å². The first-order valence-corrected chi connectivity index (χ1v) is 7.40. The van der Waals surface area contributed by atoms with Gasteiger partial charge >= 0.3 is 0 Å². The maximum atomic E-state index is 4.53. The second-order valence-electron chi connectivity index (χ2n) is 5.31. The Balaban J connectivity index is 1.90. The zero-order chi connectivity index (χ0) is 14.7. The number of nitrogens with one attached hydrogen (secondary N) is 1. The summed E-state index contributed by atoms with van der Waals surface area (Å²) in [5.74, 6) is 0. The molecule has 0 amide bonds. The molecule has 0 aliphatic rings. The van der Waals surface area contributed by atoms with Gasteiger partial charge in [-0.05, 0) is 36.7 Å². The van der Waals surface area contributed by atoms with E-state index in [0.717, 1.165) is 37.4 Å². The minimum atomic E-state index is 0.752. The lowest BCUT2D eigenvalue weighted by Gasteiger charge is -2.01. The van der Waals surface area contributed by atoms with Gasteiger partial charge < -0.3 is 9.88 Å². The lowest BCUT2D eigenvalue weighted by molar-refractivity contribution is 0.673. The second kappa shape index (κ2) is 6.10. The molecule has 3 heterocycles. The van der Waals surface area contributed by atoms with Crippen molar-refractivity contribution in [1.82, 2.24) is 24.6 Å². The van der Waals surface area contributed by atoms with Crippen LogP contribution in [0, 0.1) is 0 Å². The van der Waals surface area contributed by atoms with E-state index in [1.807, 2.05) is 36.3 Å². The zero-order valence-electron chi connectivity index (χ0n) is 12.6. The standard InChI is InChI=1S/C16H21N5/c1-3-7-17-10-13-11-21(12-14-6-9-20(2)19-14)16-15(13)5-4-8-18-16/h4-6,8-9,11,17H,3,7,10,12H2,1-2H3. The minimum Gasteiger partial charge on any atom is -0.326 e. The van der Waals surface area contributed by atoms with E-state index in [-0.39, 0.29) is 0 Å². The van der Waals surface area contributed by atoms with E-state index < -0.39 is 0 Å². The van der Waals surface area contributed by atoms with E-state index in [1.165, 1.54) is 10.9 Å². The topological polar surface area (TPSA) is 47.7 Å². The Hall–Kier alpha value is -2.14. The van der Waals surface area contributed by atoms with Gasteiger partial charge in [0.05, 0.1) is 12.2 Å². The maximum absolute atomic E-state index is 4.53. The summed E-state index contributed by atoms with van der Waals surface area (Å²) >= 11 is 0. The second-order valence-corrected chi connectivity index (χ2v) is 5.31. The smallest absolute Gasteiger partial charge is 0.140 e. The van der Waals surface area contributed by atoms with Crippen molar-refractivity contribution in [2.24, 2.45) is 7.05 Å². The highest BCUT2D eigenvalue weighted by Gasteiger charge is 2.10. The SMILES string of the molecule is CCCNCc1cn(Cc2ccn(C)n2)c2ncccc12. The first-order valence-electron chi connectivity index (χ1n) is 7.40. The van der Waals surface area contributed by atoms with Crippen LogP contribution in [0.1, 0.15) is 24.6 Å². The predicted molar refractivity (Wildman–Crippen MR) is 84.0 cm³/mol. The molecule has 0 aliphatic heterocycles. The van der Waals surface area contributed by atoms with Crippen LogP contribution in [0.5, 0.6) is 0 Å². The molecule has 3 aromatic rings. The highest BCUT2D eigenvalue weighted by Crippen LogP contribution is 2.20. The molecule has 110 valence electrons. The highest BCUT2D eigenvalue weighted by atomic mass is 15.3. The zero-order valence-corrected chi connectivity index (χ0v) is 12.6. The Bertz CT molecular complexity index is 725. The van der Waals surface area contributed by atoms with Crippen molar-refractivity contribution >= 4 is 11.0 Å². The van der Waals surface area contributed by atoms with Gasteiger partial charge in [0.15, 0.2) is 0 Å². The molecule has 0 saturated carbocycles. The summed E-state index contributed by atoms with van der Waals surface area (Å²) in [7, 11) is 1.94. The van der Waals surface area contributed by atoms with E-state index in [9.17, 15) is 0 Å². The van der Waals surface area contributed by atoms with Crippen LogP contribution in [-0.2, 0) is 20.1 Å². The lowest BCUT2D eigenvalue weighted by atomic mass is 10.2. The van der Waals surface area contributed by atoms with Crippen LogP contribution < -0.4 is 5.32 Å². The number of aromatic nitrogens is 4. The number of hydrogen-bond acceptors (Lipinski definition) is 3. The van der Waals surface area contributed by atoms with E-state index in [2.05, 4.69) is 39.2 Å². The Kier molecular flexibility index (Phi) is 4.01. The Labute approximate surface area is 124 Å². The van der Waals surface area contributed by atoms with Crippen molar-refractivity contribution in [2.75, 3.05) is 6.54 Å². The molecular formula is C16H21N5. The molecule has 0 aliphatic carbocycles. The first kappa shape index (κ1) is 13.8. The van der Waals surface area contributed by atoms with Gasteiger partial charge in [0.1, 0.15) is 5.65 Å². The molecule has 21 heavy (non-hydrogen) atoms. The Morgan fingerprint density at radius 2 is 2.19 bits per heavy atom. The summed E-state index contributed by atoms with van der Waals surface area (Å²) in [5, 5.41) is 9.13. The van der Waals surface area contributed by atoms with Crippen molar-refractivity contribution < 1.29 is 0 Å². The highest BCUT2D eigenvalue weighted by molar-refractivity contribution is 5.80. The van der Waals surface area contributed by atoms with E-state index in [4.69, 9.17) is 0 Å². The Morgan fingerprint density at radius 3 is 2.95 bits per heavy atom. The fourth-order valence-electron chi connectivity index (χ4n) is 2.58. The summed E-state index contributed by atoms with van der Waals surface area (Å²) in [6.07, 6.45) is 7.15. The van der Waals surface area contributed by atoms with E-state index in [0.29, 0.717) is 0 Å². The summed E-state index contributed by atoms with van der Waals surface area (Å²) < 4.78 is 4.01. The number of aryl methyl sites for hydroxylation is 1. The molecule has 1 N–H and O–H groups in total. The van der Waals surface area contributed by atoms with Crippen LogP contribution in [0.15, 0.2) is 36.8 Å². The van der Waals surface area contributed by atoms with Gasteiger partial charge in [-0.2, -0.15) is 5.10 Å². The molecule has 0 aromatic carbocycles. The van der Waals surface area contributed by atoms with E-state index in [1.54, 1.807) is 0 Å². The number of rotatable bonds is 6. The summed E-state index contributed by atoms with van der Waals surface area (Å²) in [5.41, 5.74) is 3.37. The number of nitrogens with zero attached hydrogens (tertiary/aromatic N) is 4. The van der Waals surface area contributed by atoms with Gasteiger partial charge in [-0.25, -0.2) is 4.98 Å². The average molecular weight is 283 g/mol. The van der Waals surface area contributed by atoms with Crippen LogP contribution in [0.2, 0.25) is 0 Å². The van der Waals surface area contributed by atoms with Crippen molar-refractivity contribution in [3.63, 3.8) is 0 Å². The van der Waals surface area contributed by atoms with Crippen LogP contribution >= 0.6 is 0 Å². The molecule has 5 heteroatoms. The molecule has 0 saturated heterocycles. The Morgan fingerprint density at radius 1 is 1.29 bits per heavy atom. The van der Waals surface area contributed by atoms with E-state index >= 15 is 0 Å². The molecule has 0 atom stereocenters. The molecule has 3 rings (SSSR count). The minimum absolute atomic E-state index is 0.752. The largest absolute Gasteiger partial charge is 0.326 e. The first-order chi connectivity index (χ1) is 10.3. The normalized spacial score (nSPS) is 11.3. The van der Waals surface area contributed by atoms with Gasteiger partial charge in [-0.3, -0.25) is 4.68 Å². The van der Waals surface area contributed by atoms with Crippen molar-refractivity contribution in [2.45, 2.75) is 26.4 Å². The van der Waals surface area contributed by atoms with Crippen LogP contribution in [0.3, 0.4) is 0 Å². The quantitative estimate of drug-likeness (QED) is 0.706. The van der Waals surface area contributed by atoms with Crippen LogP contribution in [0.25, 0.3) is 11.0 Å². The summed E-state index contributed by atoms with van der Waals surface area (Å²) in [6, 6.07) is 6.18. The third-order valence-electron chi connectivity index (χ3n) is 3.56.